The molecular formula is C13H8BrClFNO3S. The highest BCUT2D eigenvalue weighted by atomic mass is 79.9. The monoisotopic (exact) mass is 391 g/mol. The van der Waals surface area contributed by atoms with Crippen molar-refractivity contribution >= 4 is 43.5 Å². The summed E-state index contributed by atoms with van der Waals surface area (Å²) in [4.78, 5) is 11.8. The normalized spacial score (nSPS) is 11.2. The van der Waals surface area contributed by atoms with Crippen molar-refractivity contribution in [3.63, 3.8) is 0 Å². The molecular weight excluding hydrogens is 385 g/mol. The zero-order valence-corrected chi connectivity index (χ0v) is 13.5. The number of hydrogen-bond donors (Lipinski definition) is 1. The maximum atomic E-state index is 12.8. The number of carbonyl (C=O) groups is 1. The number of amides is 1. The van der Waals surface area contributed by atoms with E-state index in [1.807, 2.05) is 4.72 Å². The summed E-state index contributed by atoms with van der Waals surface area (Å²) in [6, 6.07) is 8.54. The number of sulfonamides is 1. The van der Waals surface area contributed by atoms with Crippen molar-refractivity contribution in [2.45, 2.75) is 4.90 Å². The van der Waals surface area contributed by atoms with Gasteiger partial charge in [-0.15, -0.1) is 0 Å². The van der Waals surface area contributed by atoms with Crippen LogP contribution in [0, 0.1) is 5.82 Å². The van der Waals surface area contributed by atoms with E-state index in [1.165, 1.54) is 12.1 Å². The second-order valence-electron chi connectivity index (χ2n) is 4.01. The van der Waals surface area contributed by atoms with Crippen molar-refractivity contribution in [3.8, 4) is 0 Å². The van der Waals surface area contributed by atoms with E-state index in [4.69, 9.17) is 11.6 Å². The smallest absolute Gasteiger partial charge is 0.266 e. The molecule has 0 spiro atoms. The number of rotatable bonds is 3. The van der Waals surface area contributed by atoms with Crippen LogP contribution < -0.4 is 4.72 Å². The van der Waals surface area contributed by atoms with Crippen molar-refractivity contribution in [1.82, 2.24) is 4.72 Å². The van der Waals surface area contributed by atoms with Gasteiger partial charge < -0.3 is 0 Å². The third kappa shape index (κ3) is 3.81. The molecule has 0 atom stereocenters. The van der Waals surface area contributed by atoms with Crippen LogP contribution in [0.3, 0.4) is 0 Å². The van der Waals surface area contributed by atoms with Crippen LogP contribution in [0.1, 0.15) is 10.4 Å². The number of halogens is 3. The minimum Gasteiger partial charge on any atom is -0.268 e. The first-order chi connectivity index (χ1) is 9.79. The maximum absolute atomic E-state index is 12.8. The van der Waals surface area contributed by atoms with Gasteiger partial charge in [0.1, 0.15) is 5.82 Å². The van der Waals surface area contributed by atoms with E-state index in [-0.39, 0.29) is 15.5 Å². The van der Waals surface area contributed by atoms with Crippen molar-refractivity contribution in [3.05, 3.63) is 63.3 Å². The summed E-state index contributed by atoms with van der Waals surface area (Å²) in [6.45, 7) is 0. The van der Waals surface area contributed by atoms with E-state index >= 15 is 0 Å². The first-order valence-corrected chi connectivity index (χ1v) is 8.23. The number of carbonyl (C=O) groups excluding carboxylic acids is 1. The lowest BCUT2D eigenvalue weighted by Gasteiger charge is -2.08. The minimum atomic E-state index is -4.09. The number of hydrogen-bond acceptors (Lipinski definition) is 3. The van der Waals surface area contributed by atoms with Crippen LogP contribution in [0.15, 0.2) is 51.8 Å². The van der Waals surface area contributed by atoms with Crippen molar-refractivity contribution in [2.24, 2.45) is 0 Å². The molecule has 0 aliphatic heterocycles. The molecule has 21 heavy (non-hydrogen) atoms. The molecule has 110 valence electrons. The molecule has 1 amide bonds. The first-order valence-electron chi connectivity index (χ1n) is 5.57. The SMILES string of the molecule is O=C(NS(=O)(=O)c1ccc(F)cc1)c1ccc(Br)cc1Cl. The van der Waals surface area contributed by atoms with E-state index in [0.29, 0.717) is 4.47 Å². The summed E-state index contributed by atoms with van der Waals surface area (Å²) in [6.07, 6.45) is 0. The minimum absolute atomic E-state index is 0.0190. The summed E-state index contributed by atoms with van der Waals surface area (Å²) >= 11 is 9.07. The molecule has 0 aliphatic rings. The molecule has 0 fully saturated rings. The van der Waals surface area contributed by atoms with E-state index in [1.54, 1.807) is 6.07 Å². The van der Waals surface area contributed by atoms with Gasteiger partial charge in [0, 0.05) is 4.47 Å². The molecule has 2 aromatic carbocycles. The van der Waals surface area contributed by atoms with Crippen molar-refractivity contribution < 1.29 is 17.6 Å². The molecule has 0 saturated heterocycles. The largest absolute Gasteiger partial charge is 0.268 e. The Morgan fingerprint density at radius 3 is 2.33 bits per heavy atom. The summed E-state index contributed by atoms with van der Waals surface area (Å²) in [5.41, 5.74) is 0.0190. The van der Waals surface area contributed by atoms with E-state index < -0.39 is 21.7 Å². The summed E-state index contributed by atoms with van der Waals surface area (Å²) in [7, 11) is -4.09. The maximum Gasteiger partial charge on any atom is 0.266 e. The van der Waals surface area contributed by atoms with Gasteiger partial charge in [-0.1, -0.05) is 27.5 Å². The van der Waals surface area contributed by atoms with Crippen molar-refractivity contribution in [1.29, 1.82) is 0 Å². The fourth-order valence-electron chi connectivity index (χ4n) is 1.52. The van der Waals surface area contributed by atoms with Crippen LogP contribution in [0.2, 0.25) is 5.02 Å². The Balaban J connectivity index is 2.28. The predicted molar refractivity (Wildman–Crippen MR) is 80.2 cm³/mol. The molecule has 0 heterocycles. The highest BCUT2D eigenvalue weighted by Gasteiger charge is 2.20. The van der Waals surface area contributed by atoms with Gasteiger partial charge in [-0.05, 0) is 42.5 Å². The molecule has 8 heteroatoms. The van der Waals surface area contributed by atoms with Crippen LogP contribution in [0.4, 0.5) is 4.39 Å². The quantitative estimate of drug-likeness (QED) is 0.871. The summed E-state index contributed by atoms with van der Waals surface area (Å²) in [5, 5.41) is 0.108. The molecule has 1 N–H and O–H groups in total. The van der Waals surface area contributed by atoms with Crippen molar-refractivity contribution in [2.75, 3.05) is 0 Å². The van der Waals surface area contributed by atoms with Crippen LogP contribution in [-0.2, 0) is 10.0 Å². The zero-order valence-electron chi connectivity index (χ0n) is 10.3. The topological polar surface area (TPSA) is 63.2 Å². The van der Waals surface area contributed by atoms with Gasteiger partial charge in [0.2, 0.25) is 0 Å². The fourth-order valence-corrected chi connectivity index (χ4v) is 3.25. The van der Waals surface area contributed by atoms with Gasteiger partial charge in [0.05, 0.1) is 15.5 Å². The first kappa shape index (κ1) is 15.9. The summed E-state index contributed by atoms with van der Waals surface area (Å²) < 4.78 is 39.3. The standard InChI is InChI=1S/C13H8BrClFNO3S/c14-8-1-6-11(12(15)7-8)13(18)17-21(19,20)10-4-2-9(16)3-5-10/h1-7H,(H,17,18). The lowest BCUT2D eigenvalue weighted by molar-refractivity contribution is 0.0981. The molecule has 0 aromatic heterocycles. The second kappa shape index (κ2) is 6.13. The fraction of sp³-hybridized carbons (Fsp3) is 0. The predicted octanol–water partition coefficient (Wildman–Crippen LogP) is 3.36. The van der Waals surface area contributed by atoms with Crippen LogP contribution in [-0.4, -0.2) is 14.3 Å². The number of benzene rings is 2. The van der Waals surface area contributed by atoms with Gasteiger partial charge in [-0.3, -0.25) is 4.79 Å². The highest BCUT2D eigenvalue weighted by molar-refractivity contribution is 9.10. The van der Waals surface area contributed by atoms with Crippen LogP contribution >= 0.6 is 27.5 Å². The lowest BCUT2D eigenvalue weighted by atomic mass is 10.2. The zero-order chi connectivity index (χ0) is 15.6. The summed E-state index contributed by atoms with van der Waals surface area (Å²) in [5.74, 6) is -1.44. The Morgan fingerprint density at radius 1 is 1.14 bits per heavy atom. The highest BCUT2D eigenvalue weighted by Crippen LogP contribution is 2.21. The second-order valence-corrected chi connectivity index (χ2v) is 7.02. The van der Waals surface area contributed by atoms with E-state index in [2.05, 4.69) is 15.9 Å². The van der Waals surface area contributed by atoms with Crippen LogP contribution in [0.5, 0.6) is 0 Å². The van der Waals surface area contributed by atoms with Gasteiger partial charge in [0.15, 0.2) is 0 Å². The van der Waals surface area contributed by atoms with Gasteiger partial charge in [-0.2, -0.15) is 0 Å². The molecule has 0 saturated carbocycles. The Hall–Kier alpha value is -1.44. The molecule has 0 bridgehead atoms. The lowest BCUT2D eigenvalue weighted by Crippen LogP contribution is -2.30. The van der Waals surface area contributed by atoms with E-state index in [9.17, 15) is 17.6 Å². The Bertz CT molecular complexity index is 794. The Kier molecular flexibility index (Phi) is 4.65. The Morgan fingerprint density at radius 2 is 1.76 bits per heavy atom. The third-order valence-corrected chi connectivity index (χ3v) is 4.68. The average Bonchev–Trinajstić information content (AvgIpc) is 2.38. The molecule has 2 rings (SSSR count). The average molecular weight is 393 g/mol. The molecule has 4 nitrogen and oxygen atoms in total. The molecule has 0 unspecified atom stereocenters. The molecule has 2 aromatic rings. The third-order valence-electron chi connectivity index (χ3n) is 2.53. The van der Waals surface area contributed by atoms with Crippen LogP contribution in [0.25, 0.3) is 0 Å². The Labute approximate surface area is 134 Å². The van der Waals surface area contributed by atoms with E-state index in [0.717, 1.165) is 24.3 Å². The van der Waals surface area contributed by atoms with Gasteiger partial charge in [-0.25, -0.2) is 17.5 Å². The molecule has 0 aliphatic carbocycles. The number of nitrogens with one attached hydrogen (secondary N) is 1. The van der Waals surface area contributed by atoms with Gasteiger partial charge >= 0.3 is 0 Å². The van der Waals surface area contributed by atoms with Gasteiger partial charge in [0.25, 0.3) is 15.9 Å². The molecule has 0 radical (unpaired) electrons.